The molecule has 0 aliphatic carbocycles. The van der Waals surface area contributed by atoms with Crippen molar-refractivity contribution in [2.75, 3.05) is 32.7 Å². The molecule has 2 aliphatic heterocycles. The summed E-state index contributed by atoms with van der Waals surface area (Å²) in [4.78, 5) is 2.70. The molecule has 1 atom stereocenters. The highest BCUT2D eigenvalue weighted by molar-refractivity contribution is 7.89. The maximum atomic E-state index is 13.0. The summed E-state index contributed by atoms with van der Waals surface area (Å²) in [7, 11) is -3.50. The first kappa shape index (κ1) is 16.9. The normalized spacial score (nSPS) is 24.7. The van der Waals surface area contributed by atoms with E-state index in [2.05, 4.69) is 4.90 Å². The number of likely N-dealkylation sites (tertiary alicyclic amines) is 1. The van der Waals surface area contributed by atoms with Gasteiger partial charge in [0.15, 0.2) is 0 Å². The van der Waals surface area contributed by atoms with Crippen molar-refractivity contribution in [3.8, 4) is 0 Å². The van der Waals surface area contributed by atoms with Crippen LogP contribution in [0.3, 0.4) is 0 Å². The molecule has 2 fully saturated rings. The van der Waals surface area contributed by atoms with Gasteiger partial charge in [-0.15, -0.1) is 0 Å². The maximum Gasteiger partial charge on any atom is 0.243 e. The second kappa shape index (κ2) is 7.28. The van der Waals surface area contributed by atoms with Crippen molar-refractivity contribution >= 4 is 10.0 Å². The first-order valence-corrected chi connectivity index (χ1v) is 9.98. The number of hydrogen-bond donors (Lipinski definition) is 0. The lowest BCUT2D eigenvalue weighted by atomic mass is 10.0. The highest BCUT2D eigenvalue weighted by Gasteiger charge is 2.28. The third kappa shape index (κ3) is 4.11. The highest BCUT2D eigenvalue weighted by Crippen LogP contribution is 2.25. The Kier molecular flexibility index (Phi) is 5.34. The summed E-state index contributed by atoms with van der Waals surface area (Å²) in [6.45, 7) is 4.61. The molecule has 2 heterocycles. The van der Waals surface area contributed by atoms with Gasteiger partial charge >= 0.3 is 0 Å². The first-order chi connectivity index (χ1) is 11.1. The summed E-state index contributed by atoms with van der Waals surface area (Å²) in [6, 6.07) is 5.14. The van der Waals surface area contributed by atoms with E-state index in [-0.39, 0.29) is 4.90 Å². The molecule has 1 unspecified atom stereocenters. The Bertz CT molecular complexity index is 612. The predicted octanol–water partition coefficient (Wildman–Crippen LogP) is 2.71. The zero-order valence-corrected chi connectivity index (χ0v) is 14.3. The molecule has 2 saturated heterocycles. The van der Waals surface area contributed by atoms with E-state index >= 15 is 0 Å². The van der Waals surface area contributed by atoms with Crippen LogP contribution in [0.15, 0.2) is 29.2 Å². The van der Waals surface area contributed by atoms with Crippen LogP contribution in [-0.4, -0.2) is 50.3 Å². The van der Waals surface area contributed by atoms with Gasteiger partial charge in [0, 0.05) is 19.6 Å². The minimum absolute atomic E-state index is 0.192. The molecule has 0 bridgehead atoms. The number of rotatable bonds is 4. The number of halogens is 1. The molecular weight excluding hydrogens is 315 g/mol. The SMILES string of the molecule is O=S(=O)(c1ccc(F)cc1)N1CCCC(CN2CCCC2)CC1. The van der Waals surface area contributed by atoms with Crippen LogP contribution in [0.2, 0.25) is 0 Å². The molecule has 3 rings (SSSR count). The zero-order chi connectivity index (χ0) is 16.3. The summed E-state index contributed by atoms with van der Waals surface area (Å²) >= 11 is 0. The van der Waals surface area contributed by atoms with Crippen molar-refractivity contribution in [1.29, 1.82) is 0 Å². The van der Waals surface area contributed by atoms with Gasteiger partial charge in [-0.05, 0) is 75.4 Å². The van der Waals surface area contributed by atoms with Gasteiger partial charge in [-0.1, -0.05) is 0 Å². The fourth-order valence-electron chi connectivity index (χ4n) is 3.65. The van der Waals surface area contributed by atoms with E-state index in [1.165, 1.54) is 50.2 Å². The molecular formula is C17H25FN2O2S. The first-order valence-electron chi connectivity index (χ1n) is 8.54. The van der Waals surface area contributed by atoms with Gasteiger partial charge in [-0.2, -0.15) is 4.31 Å². The van der Waals surface area contributed by atoms with E-state index < -0.39 is 15.8 Å². The fourth-order valence-corrected chi connectivity index (χ4v) is 5.14. The number of hydrogen-bond acceptors (Lipinski definition) is 3. The van der Waals surface area contributed by atoms with Crippen molar-refractivity contribution < 1.29 is 12.8 Å². The van der Waals surface area contributed by atoms with Crippen LogP contribution in [0.4, 0.5) is 4.39 Å². The maximum absolute atomic E-state index is 13.0. The molecule has 1 aromatic rings. The summed E-state index contributed by atoms with van der Waals surface area (Å²) in [5, 5.41) is 0. The average molecular weight is 340 g/mol. The highest BCUT2D eigenvalue weighted by atomic mass is 32.2. The quantitative estimate of drug-likeness (QED) is 0.846. The van der Waals surface area contributed by atoms with Crippen LogP contribution < -0.4 is 0 Å². The molecule has 0 N–H and O–H groups in total. The zero-order valence-electron chi connectivity index (χ0n) is 13.5. The average Bonchev–Trinajstić information content (AvgIpc) is 2.91. The van der Waals surface area contributed by atoms with Gasteiger partial charge < -0.3 is 4.90 Å². The van der Waals surface area contributed by atoms with Crippen molar-refractivity contribution in [2.24, 2.45) is 5.92 Å². The number of benzene rings is 1. The second-order valence-electron chi connectivity index (χ2n) is 6.66. The molecule has 0 amide bonds. The van der Waals surface area contributed by atoms with Gasteiger partial charge in [0.05, 0.1) is 4.90 Å². The van der Waals surface area contributed by atoms with Gasteiger partial charge in [-0.3, -0.25) is 0 Å². The largest absolute Gasteiger partial charge is 0.303 e. The second-order valence-corrected chi connectivity index (χ2v) is 8.60. The van der Waals surface area contributed by atoms with Crippen LogP contribution in [-0.2, 0) is 10.0 Å². The molecule has 0 aromatic heterocycles. The number of nitrogens with zero attached hydrogens (tertiary/aromatic N) is 2. The van der Waals surface area contributed by atoms with Gasteiger partial charge in [0.2, 0.25) is 10.0 Å². The molecule has 0 saturated carbocycles. The molecule has 2 aliphatic rings. The molecule has 0 radical (unpaired) electrons. The molecule has 128 valence electrons. The lowest BCUT2D eigenvalue weighted by Crippen LogP contribution is -2.32. The van der Waals surface area contributed by atoms with Crippen molar-refractivity contribution in [3.63, 3.8) is 0 Å². The summed E-state index contributed by atoms with van der Waals surface area (Å²) in [5.74, 6) is 0.173. The Hall–Kier alpha value is -0.980. The Labute approximate surface area is 138 Å². The third-order valence-corrected chi connectivity index (χ3v) is 6.89. The summed E-state index contributed by atoms with van der Waals surface area (Å²) < 4.78 is 40.0. The Morgan fingerprint density at radius 1 is 0.957 bits per heavy atom. The van der Waals surface area contributed by atoms with Crippen LogP contribution in [0.1, 0.15) is 32.1 Å². The smallest absolute Gasteiger partial charge is 0.243 e. The van der Waals surface area contributed by atoms with Crippen LogP contribution >= 0.6 is 0 Å². The third-order valence-electron chi connectivity index (χ3n) is 4.97. The molecule has 1 aromatic carbocycles. The van der Waals surface area contributed by atoms with Gasteiger partial charge in [0.25, 0.3) is 0 Å². The molecule has 6 heteroatoms. The summed E-state index contributed by atoms with van der Waals surface area (Å²) in [6.07, 6.45) is 5.48. The number of sulfonamides is 1. The molecule has 0 spiro atoms. The Morgan fingerprint density at radius 3 is 2.35 bits per heavy atom. The van der Waals surface area contributed by atoms with E-state index in [9.17, 15) is 12.8 Å². The van der Waals surface area contributed by atoms with Crippen molar-refractivity contribution in [2.45, 2.75) is 37.0 Å². The topological polar surface area (TPSA) is 40.6 Å². The molecule has 4 nitrogen and oxygen atoms in total. The monoisotopic (exact) mass is 340 g/mol. The van der Waals surface area contributed by atoms with Gasteiger partial charge in [0.1, 0.15) is 5.82 Å². The fraction of sp³-hybridized carbons (Fsp3) is 0.647. The predicted molar refractivity (Wildman–Crippen MR) is 88.2 cm³/mol. The lowest BCUT2D eigenvalue weighted by molar-refractivity contribution is 0.262. The Morgan fingerprint density at radius 2 is 1.65 bits per heavy atom. The van der Waals surface area contributed by atoms with E-state index in [0.717, 1.165) is 25.8 Å². The van der Waals surface area contributed by atoms with Crippen molar-refractivity contribution in [3.05, 3.63) is 30.1 Å². The van der Waals surface area contributed by atoms with E-state index in [0.29, 0.717) is 19.0 Å². The minimum atomic E-state index is -3.50. The van der Waals surface area contributed by atoms with Crippen molar-refractivity contribution in [1.82, 2.24) is 9.21 Å². The standard InChI is InChI=1S/C17H25FN2O2S/c18-16-5-7-17(8-6-16)23(21,22)20-12-3-4-15(9-13-20)14-19-10-1-2-11-19/h5-8,15H,1-4,9-14H2. The lowest BCUT2D eigenvalue weighted by Gasteiger charge is -2.23. The van der Waals surface area contributed by atoms with Crippen LogP contribution in [0.5, 0.6) is 0 Å². The molecule has 23 heavy (non-hydrogen) atoms. The minimum Gasteiger partial charge on any atom is -0.303 e. The van der Waals surface area contributed by atoms with E-state index in [1.807, 2.05) is 0 Å². The van der Waals surface area contributed by atoms with Crippen LogP contribution in [0, 0.1) is 11.7 Å². The Balaban J connectivity index is 1.63. The summed E-state index contributed by atoms with van der Waals surface area (Å²) in [5.41, 5.74) is 0. The van der Waals surface area contributed by atoms with E-state index in [1.54, 1.807) is 4.31 Å². The van der Waals surface area contributed by atoms with Crippen LogP contribution in [0.25, 0.3) is 0 Å². The van der Waals surface area contributed by atoms with E-state index in [4.69, 9.17) is 0 Å². The van der Waals surface area contributed by atoms with Gasteiger partial charge in [-0.25, -0.2) is 12.8 Å².